The normalized spacial score (nSPS) is 25.5. The van der Waals surface area contributed by atoms with Crippen molar-refractivity contribution in [3.05, 3.63) is 29.8 Å². The van der Waals surface area contributed by atoms with Crippen molar-refractivity contribution < 1.29 is 19.1 Å². The molecule has 0 bridgehead atoms. The van der Waals surface area contributed by atoms with Gasteiger partial charge in [-0.3, -0.25) is 19.4 Å². The zero-order valence-corrected chi connectivity index (χ0v) is 18.9. The molecule has 0 aromatic heterocycles. The molecular weight excluding hydrogens is 394 g/mol. The van der Waals surface area contributed by atoms with Crippen LogP contribution in [0, 0.1) is 11.8 Å². The number of imide groups is 1. The quantitative estimate of drug-likeness (QED) is 0.745. The van der Waals surface area contributed by atoms with Crippen LogP contribution in [-0.4, -0.2) is 41.6 Å². The number of nitrogens with zero attached hydrogens (tertiary/aromatic N) is 2. The van der Waals surface area contributed by atoms with Crippen molar-refractivity contribution in [2.75, 3.05) is 12.0 Å². The molecule has 0 spiro atoms. The van der Waals surface area contributed by atoms with Crippen molar-refractivity contribution in [3.63, 3.8) is 0 Å². The number of carbonyl (C=O) groups excluding carboxylic acids is 3. The van der Waals surface area contributed by atoms with E-state index >= 15 is 0 Å². The van der Waals surface area contributed by atoms with E-state index in [1.54, 1.807) is 18.9 Å². The summed E-state index contributed by atoms with van der Waals surface area (Å²) >= 11 is 0. The molecule has 3 aliphatic rings. The fraction of sp³-hybridized carbons (Fsp3) is 0.542. The monoisotopic (exact) mass is 425 g/mol. The molecule has 1 saturated carbocycles. The molecule has 7 nitrogen and oxygen atoms in total. The number of anilines is 1. The van der Waals surface area contributed by atoms with Gasteiger partial charge in [-0.15, -0.1) is 0 Å². The third-order valence-electron chi connectivity index (χ3n) is 6.81. The van der Waals surface area contributed by atoms with E-state index in [4.69, 9.17) is 4.74 Å². The summed E-state index contributed by atoms with van der Waals surface area (Å²) in [5, 5.41) is 2.91. The van der Waals surface area contributed by atoms with Gasteiger partial charge in [-0.2, -0.15) is 0 Å². The Bertz CT molecular complexity index is 944. The van der Waals surface area contributed by atoms with Crippen molar-refractivity contribution in [1.82, 2.24) is 10.2 Å². The van der Waals surface area contributed by atoms with Gasteiger partial charge in [0.2, 0.25) is 11.8 Å². The van der Waals surface area contributed by atoms with Crippen LogP contribution in [0.5, 0.6) is 5.75 Å². The van der Waals surface area contributed by atoms with Crippen molar-refractivity contribution in [2.24, 2.45) is 11.8 Å². The van der Waals surface area contributed by atoms with Crippen LogP contribution in [-0.2, 0) is 9.59 Å². The smallest absolute Gasteiger partial charge is 0.324 e. The fourth-order valence-electron chi connectivity index (χ4n) is 5.38. The molecule has 1 aromatic rings. The number of hydrogen-bond acceptors (Lipinski definition) is 4. The Morgan fingerprint density at radius 3 is 2.35 bits per heavy atom. The number of methoxy groups -OCH3 is 1. The number of nitrogens with one attached hydrogen (secondary N) is 1. The number of allylic oxidation sites excluding steroid dienone is 1. The summed E-state index contributed by atoms with van der Waals surface area (Å²) in [4.78, 5) is 42.2. The molecule has 3 atom stereocenters. The van der Waals surface area contributed by atoms with E-state index < -0.39 is 11.7 Å². The van der Waals surface area contributed by atoms with Gasteiger partial charge in [-0.25, -0.2) is 4.79 Å². The Kier molecular flexibility index (Phi) is 5.31. The number of amides is 4. The van der Waals surface area contributed by atoms with Crippen molar-refractivity contribution >= 4 is 29.1 Å². The van der Waals surface area contributed by atoms with Crippen molar-refractivity contribution in [2.45, 2.75) is 65.1 Å². The maximum atomic E-state index is 13.4. The minimum Gasteiger partial charge on any atom is -0.497 e. The largest absolute Gasteiger partial charge is 0.497 e. The van der Waals surface area contributed by atoms with Crippen LogP contribution >= 0.6 is 0 Å². The first-order chi connectivity index (χ1) is 14.7. The van der Waals surface area contributed by atoms with Gasteiger partial charge in [0, 0.05) is 5.56 Å². The van der Waals surface area contributed by atoms with Crippen LogP contribution < -0.4 is 15.0 Å². The SMILES string of the molecule is COc1ccc2c(c1)C(C)=CC(C)(C)N2C(=O)N[C@H](C)N1C(=O)[C@@H]2CCCC[C@H]2C1=O. The highest BCUT2D eigenvalue weighted by Crippen LogP contribution is 2.41. The lowest BCUT2D eigenvalue weighted by atomic mass is 9.81. The summed E-state index contributed by atoms with van der Waals surface area (Å²) < 4.78 is 5.35. The predicted molar refractivity (Wildman–Crippen MR) is 118 cm³/mol. The number of fused-ring (bicyclic) bond motifs is 2. The van der Waals surface area contributed by atoms with E-state index in [9.17, 15) is 14.4 Å². The first-order valence-electron chi connectivity index (χ1n) is 11.0. The number of rotatable bonds is 3. The van der Waals surface area contributed by atoms with Gasteiger partial charge in [-0.1, -0.05) is 18.9 Å². The standard InChI is InChI=1S/C24H31N3O4/c1-14-13-24(3,4)27(20-11-10-16(31-5)12-19(14)20)23(30)25-15(2)26-21(28)17-8-6-7-9-18(17)22(26)29/h10-13,15,17-18H,6-9H2,1-5H3,(H,25,30)/t15-,17+,18+/m0/s1. The number of carbonyl (C=O) groups is 3. The molecule has 2 heterocycles. The highest BCUT2D eigenvalue weighted by molar-refractivity contribution is 6.06. The Balaban J connectivity index is 1.59. The van der Waals surface area contributed by atoms with Crippen molar-refractivity contribution in [1.29, 1.82) is 0 Å². The summed E-state index contributed by atoms with van der Waals surface area (Å²) in [6.45, 7) is 7.66. The first kappa shape index (κ1) is 21.4. The average Bonchev–Trinajstić information content (AvgIpc) is 2.97. The molecule has 31 heavy (non-hydrogen) atoms. The fourth-order valence-corrected chi connectivity index (χ4v) is 5.38. The second kappa shape index (κ2) is 7.70. The number of hydrogen-bond donors (Lipinski definition) is 1. The highest BCUT2D eigenvalue weighted by atomic mass is 16.5. The number of urea groups is 1. The molecular formula is C24H31N3O4. The zero-order chi connectivity index (χ0) is 22.5. The van der Waals surface area contributed by atoms with Crippen LogP contribution in [0.15, 0.2) is 24.3 Å². The first-order valence-corrected chi connectivity index (χ1v) is 11.0. The van der Waals surface area contributed by atoms with Gasteiger partial charge in [0.15, 0.2) is 0 Å². The molecule has 0 unspecified atom stereocenters. The summed E-state index contributed by atoms with van der Waals surface area (Å²) in [6, 6.07) is 5.27. The van der Waals surface area contributed by atoms with E-state index in [0.29, 0.717) is 0 Å². The van der Waals surface area contributed by atoms with E-state index in [1.807, 2.05) is 45.0 Å². The molecule has 166 valence electrons. The molecule has 1 N–H and O–H groups in total. The minimum atomic E-state index is -0.706. The van der Waals surface area contributed by atoms with Crippen LogP contribution in [0.2, 0.25) is 0 Å². The maximum absolute atomic E-state index is 13.4. The van der Waals surface area contributed by atoms with Crippen LogP contribution in [0.3, 0.4) is 0 Å². The molecule has 1 aromatic carbocycles. The molecule has 4 rings (SSSR count). The van der Waals surface area contributed by atoms with Crippen LogP contribution in [0.25, 0.3) is 5.57 Å². The Hall–Kier alpha value is -2.83. The van der Waals surface area contributed by atoms with Crippen molar-refractivity contribution in [3.8, 4) is 5.75 Å². The summed E-state index contributed by atoms with van der Waals surface area (Å²) in [7, 11) is 1.61. The second-order valence-electron chi connectivity index (χ2n) is 9.37. The molecule has 1 aliphatic carbocycles. The third kappa shape index (κ3) is 3.50. The zero-order valence-electron chi connectivity index (χ0n) is 18.9. The summed E-state index contributed by atoms with van der Waals surface area (Å²) in [5.74, 6) is -0.0463. The number of ether oxygens (including phenoxy) is 1. The molecule has 0 radical (unpaired) electrons. The molecule has 7 heteroatoms. The molecule has 2 fully saturated rings. The lowest BCUT2D eigenvalue weighted by molar-refractivity contribution is -0.142. The van der Waals surface area contributed by atoms with E-state index in [1.165, 1.54) is 4.90 Å². The predicted octanol–water partition coefficient (Wildman–Crippen LogP) is 3.93. The van der Waals surface area contributed by atoms with Gasteiger partial charge in [0.25, 0.3) is 0 Å². The van der Waals surface area contributed by atoms with Gasteiger partial charge >= 0.3 is 6.03 Å². The Morgan fingerprint density at radius 2 is 1.77 bits per heavy atom. The molecule has 4 amide bonds. The molecule has 1 saturated heterocycles. The van der Waals surface area contributed by atoms with Gasteiger partial charge in [0.05, 0.1) is 30.2 Å². The van der Waals surface area contributed by atoms with Gasteiger partial charge in [-0.05, 0) is 64.3 Å². The second-order valence-corrected chi connectivity index (χ2v) is 9.37. The van der Waals surface area contributed by atoms with E-state index in [2.05, 4.69) is 5.32 Å². The average molecular weight is 426 g/mol. The topological polar surface area (TPSA) is 79.0 Å². The Labute approximate surface area is 183 Å². The minimum absolute atomic E-state index is 0.152. The number of benzene rings is 1. The van der Waals surface area contributed by atoms with Crippen LogP contribution in [0.4, 0.5) is 10.5 Å². The summed E-state index contributed by atoms with van der Waals surface area (Å²) in [6.07, 6.45) is 4.79. The third-order valence-corrected chi connectivity index (χ3v) is 6.81. The van der Waals surface area contributed by atoms with E-state index in [0.717, 1.165) is 48.3 Å². The lowest BCUT2D eigenvalue weighted by Gasteiger charge is -2.42. The van der Waals surface area contributed by atoms with E-state index in [-0.39, 0.29) is 29.7 Å². The maximum Gasteiger partial charge on any atom is 0.324 e. The van der Waals surface area contributed by atoms with Crippen LogP contribution in [0.1, 0.15) is 58.9 Å². The van der Waals surface area contributed by atoms with Gasteiger partial charge in [0.1, 0.15) is 11.9 Å². The number of likely N-dealkylation sites (tertiary alicyclic amines) is 1. The summed E-state index contributed by atoms with van der Waals surface area (Å²) in [5.41, 5.74) is 2.16. The van der Waals surface area contributed by atoms with Gasteiger partial charge < -0.3 is 10.1 Å². The highest BCUT2D eigenvalue weighted by Gasteiger charge is 2.50. The lowest BCUT2D eigenvalue weighted by Crippen LogP contribution is -2.58. The Morgan fingerprint density at radius 1 is 1.16 bits per heavy atom. The molecule has 2 aliphatic heterocycles.